The molecule has 2 heterocycles. The maximum atomic E-state index is 5.70. The second kappa shape index (κ2) is 13.2. The average molecular weight is 532 g/mol. The Kier molecular flexibility index (Phi) is 11.0. The number of halogens is 1. The maximum absolute atomic E-state index is 5.70. The number of hydrogen-bond acceptors (Lipinski definition) is 5. The van der Waals surface area contributed by atoms with Gasteiger partial charge in [-0.3, -0.25) is 4.99 Å². The van der Waals surface area contributed by atoms with E-state index in [1.54, 1.807) is 14.2 Å². The molecule has 1 N–H and O–H groups in total. The lowest BCUT2D eigenvalue weighted by Crippen LogP contribution is -2.42. The smallest absolute Gasteiger partial charge is 0.193 e. The molecule has 0 radical (unpaired) electrons. The first-order chi connectivity index (χ1) is 14.2. The minimum absolute atomic E-state index is 0. The number of guanidine groups is 1. The topological polar surface area (TPSA) is 58.6 Å². The van der Waals surface area contributed by atoms with Gasteiger partial charge < -0.3 is 29.3 Å². The van der Waals surface area contributed by atoms with E-state index in [1.165, 1.54) is 12.1 Å². The highest BCUT2D eigenvalue weighted by Crippen LogP contribution is 2.26. The fourth-order valence-corrected chi connectivity index (χ4v) is 4.16. The third-order valence-corrected chi connectivity index (χ3v) is 5.84. The first kappa shape index (κ1) is 25.0. The van der Waals surface area contributed by atoms with Crippen LogP contribution in [0.5, 0.6) is 5.75 Å². The van der Waals surface area contributed by atoms with E-state index in [9.17, 15) is 0 Å². The summed E-state index contributed by atoms with van der Waals surface area (Å²) in [5.74, 6) is 3.12. The summed E-state index contributed by atoms with van der Waals surface area (Å²) in [5.41, 5.74) is 1.24. The van der Waals surface area contributed by atoms with Gasteiger partial charge in [-0.1, -0.05) is 6.07 Å². The molecule has 0 aliphatic carbocycles. The van der Waals surface area contributed by atoms with E-state index in [-0.39, 0.29) is 24.0 Å². The SMILES string of the molecule is CN=C(NCC1CCN(c2cccc(OC)c2)C1)N1CCC(COCCOC)C1.I. The molecular formula is C22H37IN4O3. The van der Waals surface area contributed by atoms with Crippen molar-refractivity contribution in [3.8, 4) is 5.75 Å². The van der Waals surface area contributed by atoms with Gasteiger partial charge in [0.25, 0.3) is 0 Å². The molecule has 0 amide bonds. The van der Waals surface area contributed by atoms with Crippen LogP contribution in [-0.4, -0.2) is 84.7 Å². The molecule has 3 rings (SSSR count). The predicted octanol–water partition coefficient (Wildman–Crippen LogP) is 2.70. The average Bonchev–Trinajstić information content (AvgIpc) is 3.42. The number of benzene rings is 1. The minimum atomic E-state index is 0. The molecule has 2 aliphatic rings. The Morgan fingerprint density at radius 1 is 1.13 bits per heavy atom. The van der Waals surface area contributed by atoms with Gasteiger partial charge >= 0.3 is 0 Å². The molecular weight excluding hydrogens is 495 g/mol. The molecule has 30 heavy (non-hydrogen) atoms. The summed E-state index contributed by atoms with van der Waals surface area (Å²) < 4.78 is 16.1. The third-order valence-electron chi connectivity index (χ3n) is 5.84. The van der Waals surface area contributed by atoms with Crippen LogP contribution in [0.2, 0.25) is 0 Å². The van der Waals surface area contributed by atoms with Gasteiger partial charge in [0.15, 0.2) is 5.96 Å². The van der Waals surface area contributed by atoms with E-state index >= 15 is 0 Å². The fraction of sp³-hybridized carbons (Fsp3) is 0.682. The lowest BCUT2D eigenvalue weighted by molar-refractivity contribution is 0.0536. The van der Waals surface area contributed by atoms with Crippen molar-refractivity contribution in [2.45, 2.75) is 12.8 Å². The zero-order valence-electron chi connectivity index (χ0n) is 18.5. The van der Waals surface area contributed by atoms with Crippen LogP contribution < -0.4 is 15.0 Å². The van der Waals surface area contributed by atoms with E-state index in [1.807, 2.05) is 13.1 Å². The molecule has 1 aromatic carbocycles. The van der Waals surface area contributed by atoms with E-state index in [2.05, 4.69) is 38.3 Å². The Labute approximate surface area is 198 Å². The van der Waals surface area contributed by atoms with Crippen LogP contribution in [0.4, 0.5) is 5.69 Å². The van der Waals surface area contributed by atoms with Crippen molar-refractivity contribution in [1.82, 2.24) is 10.2 Å². The van der Waals surface area contributed by atoms with Crippen LogP contribution in [0.25, 0.3) is 0 Å². The van der Waals surface area contributed by atoms with Gasteiger partial charge in [0.1, 0.15) is 5.75 Å². The quantitative estimate of drug-likeness (QED) is 0.229. The number of likely N-dealkylation sites (tertiary alicyclic amines) is 1. The molecule has 2 aliphatic heterocycles. The highest BCUT2D eigenvalue weighted by atomic mass is 127. The molecule has 2 unspecified atom stereocenters. The molecule has 2 atom stereocenters. The molecule has 8 heteroatoms. The van der Waals surface area contributed by atoms with Crippen molar-refractivity contribution in [2.24, 2.45) is 16.8 Å². The van der Waals surface area contributed by atoms with E-state index in [0.717, 1.165) is 57.5 Å². The van der Waals surface area contributed by atoms with Gasteiger partial charge in [-0.25, -0.2) is 0 Å². The van der Waals surface area contributed by atoms with Crippen molar-refractivity contribution in [3.63, 3.8) is 0 Å². The number of hydrogen-bond donors (Lipinski definition) is 1. The molecule has 0 spiro atoms. The Hall–Kier alpha value is -1.26. The Morgan fingerprint density at radius 2 is 1.97 bits per heavy atom. The normalized spacial score (nSPS) is 21.6. The zero-order valence-corrected chi connectivity index (χ0v) is 20.8. The third kappa shape index (κ3) is 7.16. The molecule has 0 saturated carbocycles. The van der Waals surface area contributed by atoms with Crippen molar-refractivity contribution in [1.29, 1.82) is 0 Å². The van der Waals surface area contributed by atoms with Crippen LogP contribution in [0.1, 0.15) is 12.8 Å². The summed E-state index contributed by atoms with van der Waals surface area (Å²) in [7, 11) is 5.30. The standard InChI is InChI=1S/C22H36N4O3.HI/c1-23-22(26-10-8-19(16-26)17-29-12-11-27-2)24-14-18-7-9-25(15-18)20-5-4-6-21(13-20)28-3;/h4-6,13,18-19H,7-12,14-17H2,1-3H3,(H,23,24);1H. The number of aliphatic imine (C=N–C) groups is 1. The Balaban J connectivity index is 0.00000320. The highest BCUT2D eigenvalue weighted by molar-refractivity contribution is 14.0. The largest absolute Gasteiger partial charge is 0.497 e. The number of nitrogens with one attached hydrogen (secondary N) is 1. The first-order valence-corrected chi connectivity index (χ1v) is 10.6. The van der Waals surface area contributed by atoms with Crippen molar-refractivity contribution >= 4 is 35.6 Å². The molecule has 0 aromatic heterocycles. The molecule has 0 bridgehead atoms. The summed E-state index contributed by atoms with van der Waals surface area (Å²) in [5, 5.41) is 3.61. The molecule has 2 fully saturated rings. The molecule has 7 nitrogen and oxygen atoms in total. The van der Waals surface area contributed by atoms with Gasteiger partial charge in [0.05, 0.1) is 26.9 Å². The Bertz CT molecular complexity index is 661. The maximum Gasteiger partial charge on any atom is 0.193 e. The number of rotatable bonds is 9. The van der Waals surface area contributed by atoms with Crippen molar-refractivity contribution < 1.29 is 14.2 Å². The summed E-state index contributed by atoms with van der Waals surface area (Å²) in [4.78, 5) is 9.32. The monoisotopic (exact) mass is 532 g/mol. The van der Waals surface area contributed by atoms with Gasteiger partial charge in [-0.2, -0.15) is 0 Å². The molecule has 1 aromatic rings. The molecule has 2 saturated heterocycles. The summed E-state index contributed by atoms with van der Waals surface area (Å²) in [6.07, 6.45) is 2.35. The van der Waals surface area contributed by atoms with Crippen molar-refractivity contribution in [3.05, 3.63) is 24.3 Å². The van der Waals surface area contributed by atoms with Gasteiger partial charge in [-0.15, -0.1) is 24.0 Å². The molecule has 170 valence electrons. The van der Waals surface area contributed by atoms with Crippen LogP contribution in [-0.2, 0) is 9.47 Å². The van der Waals surface area contributed by atoms with Crippen LogP contribution in [0.3, 0.4) is 0 Å². The summed E-state index contributed by atoms with van der Waals surface area (Å²) in [6.45, 7) is 7.29. The number of anilines is 1. The zero-order chi connectivity index (χ0) is 20.5. The lowest BCUT2D eigenvalue weighted by atomic mass is 10.1. The van der Waals surface area contributed by atoms with E-state index in [4.69, 9.17) is 14.2 Å². The second-order valence-electron chi connectivity index (χ2n) is 7.90. The number of nitrogens with zero attached hydrogens (tertiary/aromatic N) is 3. The van der Waals surface area contributed by atoms with Gasteiger partial charge in [-0.05, 0) is 30.9 Å². The van der Waals surface area contributed by atoms with Gasteiger partial charge in [0.2, 0.25) is 0 Å². The summed E-state index contributed by atoms with van der Waals surface area (Å²) >= 11 is 0. The van der Waals surface area contributed by atoms with Crippen LogP contribution in [0, 0.1) is 11.8 Å². The highest BCUT2D eigenvalue weighted by Gasteiger charge is 2.27. The van der Waals surface area contributed by atoms with Crippen LogP contribution >= 0.6 is 24.0 Å². The van der Waals surface area contributed by atoms with E-state index in [0.29, 0.717) is 25.0 Å². The van der Waals surface area contributed by atoms with Crippen molar-refractivity contribution in [2.75, 3.05) is 78.7 Å². The Morgan fingerprint density at radius 3 is 2.73 bits per heavy atom. The predicted molar refractivity (Wildman–Crippen MR) is 132 cm³/mol. The first-order valence-electron chi connectivity index (χ1n) is 10.6. The summed E-state index contributed by atoms with van der Waals surface area (Å²) in [6, 6.07) is 8.34. The van der Waals surface area contributed by atoms with E-state index < -0.39 is 0 Å². The number of ether oxygens (including phenoxy) is 3. The lowest BCUT2D eigenvalue weighted by Gasteiger charge is -2.24. The minimum Gasteiger partial charge on any atom is -0.497 e. The number of methoxy groups -OCH3 is 2. The fourth-order valence-electron chi connectivity index (χ4n) is 4.16. The van der Waals surface area contributed by atoms with Crippen LogP contribution in [0.15, 0.2) is 29.3 Å². The van der Waals surface area contributed by atoms with Gasteiger partial charge in [0, 0.05) is 64.6 Å². The second-order valence-corrected chi connectivity index (χ2v) is 7.90.